The highest BCUT2D eigenvalue weighted by Crippen LogP contribution is 2.33. The van der Waals surface area contributed by atoms with Crippen molar-refractivity contribution in [3.05, 3.63) is 30.5 Å². The minimum absolute atomic E-state index is 0.0895. The van der Waals surface area contributed by atoms with Gasteiger partial charge in [-0.15, -0.1) is 0 Å². The van der Waals surface area contributed by atoms with Crippen molar-refractivity contribution in [1.29, 1.82) is 5.41 Å². The van der Waals surface area contributed by atoms with Gasteiger partial charge in [0.1, 0.15) is 18.0 Å². The van der Waals surface area contributed by atoms with Crippen molar-refractivity contribution in [1.82, 2.24) is 29.1 Å². The summed E-state index contributed by atoms with van der Waals surface area (Å²) in [6.45, 7) is 4.49. The molecule has 0 aliphatic carbocycles. The summed E-state index contributed by atoms with van der Waals surface area (Å²) < 4.78 is 26.8. The lowest BCUT2D eigenvalue weighted by atomic mass is 9.87. The second-order valence-electron chi connectivity index (χ2n) is 7.42. The van der Waals surface area contributed by atoms with Crippen LogP contribution in [-0.2, 0) is 0 Å². The summed E-state index contributed by atoms with van der Waals surface area (Å²) in [5, 5.41) is 7.17. The van der Waals surface area contributed by atoms with E-state index in [1.54, 1.807) is 6.20 Å². The molecule has 4 rings (SSSR count). The average molecular weight is 420 g/mol. The largest absolute Gasteiger partial charge is 0.353 e. The Kier molecular flexibility index (Phi) is 5.36. The van der Waals surface area contributed by atoms with E-state index in [2.05, 4.69) is 49.6 Å². The molecule has 0 amide bonds. The molecule has 2 N–H and O–H groups in total. The number of nitrogens with one attached hydrogen (secondary N) is 2. The lowest BCUT2D eigenvalue weighted by Gasteiger charge is -2.57. The van der Waals surface area contributed by atoms with Crippen LogP contribution in [0.1, 0.15) is 5.82 Å². The average Bonchev–Trinajstić information content (AvgIpc) is 3.16. The lowest BCUT2D eigenvalue weighted by Crippen LogP contribution is -2.74. The van der Waals surface area contributed by atoms with Crippen molar-refractivity contribution in [2.24, 2.45) is 0 Å². The van der Waals surface area contributed by atoms with Gasteiger partial charge in [0.25, 0.3) is 6.43 Å². The zero-order valence-electron chi connectivity index (χ0n) is 15.9. The first kappa shape index (κ1) is 19.9. The number of H-pyrrole nitrogens is 1. The second kappa shape index (κ2) is 7.81. The van der Waals surface area contributed by atoms with E-state index in [-0.39, 0.29) is 5.54 Å². The van der Waals surface area contributed by atoms with Crippen LogP contribution in [0.4, 0.5) is 14.6 Å². The normalized spacial score (nSPS) is 20.0. The molecule has 2 saturated heterocycles. The third-order valence-electron chi connectivity index (χ3n) is 5.46. The summed E-state index contributed by atoms with van der Waals surface area (Å²) in [5.74, 6) is 1.22. The molecule has 2 aliphatic rings. The fourth-order valence-electron chi connectivity index (χ4n) is 3.69. The number of hydrogen-bond donors (Lipinski definition) is 3. The van der Waals surface area contributed by atoms with Gasteiger partial charge in [0.05, 0.1) is 28.8 Å². The molecule has 2 aromatic rings. The van der Waals surface area contributed by atoms with Gasteiger partial charge in [0, 0.05) is 38.8 Å². The number of nitrogens with zero attached hydrogens (tertiary/aromatic N) is 6. The molecule has 154 valence electrons. The van der Waals surface area contributed by atoms with Crippen LogP contribution < -0.4 is 4.90 Å². The molecule has 0 unspecified atom stereocenters. The van der Waals surface area contributed by atoms with Gasteiger partial charge in [-0.05, 0) is 19.2 Å². The van der Waals surface area contributed by atoms with E-state index in [0.29, 0.717) is 17.2 Å². The molecule has 11 heteroatoms. The van der Waals surface area contributed by atoms with Crippen LogP contribution in [0.2, 0.25) is 0 Å². The highest BCUT2D eigenvalue weighted by molar-refractivity contribution is 7.77. The van der Waals surface area contributed by atoms with Gasteiger partial charge in [0.15, 0.2) is 0 Å². The molecule has 1 spiro atoms. The molecular weight excluding hydrogens is 398 g/mol. The van der Waals surface area contributed by atoms with E-state index >= 15 is 0 Å². The van der Waals surface area contributed by atoms with Crippen molar-refractivity contribution in [3.63, 3.8) is 0 Å². The maximum absolute atomic E-state index is 12.4. The Hall–Kier alpha value is -2.37. The zero-order valence-corrected chi connectivity index (χ0v) is 16.8. The SMILES string of the molecule is CN1CCN(c2cc(-c3cnc(/C=C\C(=N)C(F)F)[nH]3)ncn2)CC12CN(S)C2. The number of aromatic nitrogens is 4. The van der Waals surface area contributed by atoms with Crippen LogP contribution >= 0.6 is 12.8 Å². The van der Waals surface area contributed by atoms with Crippen molar-refractivity contribution in [2.75, 3.05) is 44.7 Å². The Morgan fingerprint density at radius 1 is 1.28 bits per heavy atom. The molecular formula is C18H22F2N8S. The Bertz CT molecular complexity index is 924. The maximum Gasteiger partial charge on any atom is 0.279 e. The smallest absolute Gasteiger partial charge is 0.279 e. The predicted molar refractivity (Wildman–Crippen MR) is 111 cm³/mol. The first-order valence-corrected chi connectivity index (χ1v) is 9.58. The first-order valence-electron chi connectivity index (χ1n) is 9.18. The molecule has 2 aromatic heterocycles. The van der Waals surface area contributed by atoms with Gasteiger partial charge < -0.3 is 9.88 Å². The molecule has 29 heavy (non-hydrogen) atoms. The fourth-order valence-corrected chi connectivity index (χ4v) is 4.22. The summed E-state index contributed by atoms with van der Waals surface area (Å²) >= 11 is 4.42. The van der Waals surface area contributed by atoms with Crippen LogP contribution in [0, 0.1) is 5.41 Å². The van der Waals surface area contributed by atoms with Gasteiger partial charge in [0.2, 0.25) is 0 Å². The summed E-state index contributed by atoms with van der Waals surface area (Å²) in [5.41, 5.74) is 0.660. The van der Waals surface area contributed by atoms with E-state index in [0.717, 1.165) is 44.6 Å². The Morgan fingerprint density at radius 2 is 2.07 bits per heavy atom. The molecule has 0 aromatic carbocycles. The number of piperazine rings is 1. The number of rotatable bonds is 5. The third-order valence-corrected chi connectivity index (χ3v) is 5.74. The molecule has 0 saturated carbocycles. The van der Waals surface area contributed by atoms with Gasteiger partial charge >= 0.3 is 0 Å². The molecule has 2 fully saturated rings. The van der Waals surface area contributed by atoms with Gasteiger partial charge in [-0.2, -0.15) is 0 Å². The molecule has 2 aliphatic heterocycles. The zero-order chi connectivity index (χ0) is 20.6. The predicted octanol–water partition coefficient (Wildman–Crippen LogP) is 1.82. The number of aromatic amines is 1. The minimum atomic E-state index is -2.80. The summed E-state index contributed by atoms with van der Waals surface area (Å²) in [4.78, 5) is 20.6. The highest BCUT2D eigenvalue weighted by atomic mass is 32.1. The van der Waals surface area contributed by atoms with E-state index in [1.165, 1.54) is 12.4 Å². The Balaban J connectivity index is 1.50. The van der Waals surface area contributed by atoms with Crippen LogP contribution in [0.5, 0.6) is 0 Å². The number of anilines is 1. The molecule has 0 bridgehead atoms. The van der Waals surface area contributed by atoms with Crippen LogP contribution in [0.25, 0.3) is 17.5 Å². The standard InChI is InChI=1S/C18H22F2N8S/c1-26-4-5-27(8-18(26)9-28(29)10-18)16-6-13(23-11-24-16)14-7-22-15(25-14)3-2-12(21)17(19)20/h2-3,6-7,11,17,21,29H,4-5,8-10H2,1H3,(H,22,25)/b3-2-,21-12?. The third kappa shape index (κ3) is 4.02. The number of likely N-dealkylation sites (N-methyl/N-ethyl adjacent to an activating group) is 1. The Morgan fingerprint density at radius 3 is 2.79 bits per heavy atom. The number of allylic oxidation sites excluding steroid dienone is 1. The van der Waals surface area contributed by atoms with E-state index in [9.17, 15) is 8.78 Å². The Labute approximate surface area is 172 Å². The van der Waals surface area contributed by atoms with Gasteiger partial charge in [-0.25, -0.2) is 28.0 Å². The molecule has 0 atom stereocenters. The number of hydrogen-bond acceptors (Lipinski definition) is 8. The lowest BCUT2D eigenvalue weighted by molar-refractivity contribution is 0.00361. The molecule has 4 heterocycles. The minimum Gasteiger partial charge on any atom is -0.353 e. The highest BCUT2D eigenvalue weighted by Gasteiger charge is 2.48. The summed E-state index contributed by atoms with van der Waals surface area (Å²) in [7, 11) is 2.15. The molecule has 0 radical (unpaired) electrons. The quantitative estimate of drug-likeness (QED) is 0.505. The number of halogens is 2. The van der Waals surface area contributed by atoms with Crippen LogP contribution in [-0.4, -0.2) is 86.6 Å². The topological polar surface area (TPSA) is 88.0 Å². The first-order chi connectivity index (χ1) is 13.9. The van der Waals surface area contributed by atoms with Crippen molar-refractivity contribution in [2.45, 2.75) is 12.0 Å². The monoisotopic (exact) mass is 420 g/mol. The van der Waals surface area contributed by atoms with Gasteiger partial charge in [-0.1, -0.05) is 12.8 Å². The van der Waals surface area contributed by atoms with Crippen molar-refractivity contribution in [3.8, 4) is 11.4 Å². The van der Waals surface area contributed by atoms with Crippen LogP contribution in [0.15, 0.2) is 24.7 Å². The van der Waals surface area contributed by atoms with Crippen LogP contribution in [0.3, 0.4) is 0 Å². The summed E-state index contributed by atoms with van der Waals surface area (Å²) in [6.07, 6.45) is 2.69. The maximum atomic E-state index is 12.4. The number of thiol groups is 1. The molecule has 8 nitrogen and oxygen atoms in total. The number of imidazole rings is 1. The van der Waals surface area contributed by atoms with Crippen molar-refractivity contribution >= 4 is 30.4 Å². The fraction of sp³-hybridized carbons (Fsp3) is 0.444. The van der Waals surface area contributed by atoms with E-state index in [1.807, 2.05) is 10.4 Å². The van der Waals surface area contributed by atoms with E-state index < -0.39 is 12.1 Å². The van der Waals surface area contributed by atoms with Gasteiger partial charge in [-0.3, -0.25) is 10.3 Å². The second-order valence-corrected chi connectivity index (χ2v) is 7.99. The van der Waals surface area contributed by atoms with Crippen molar-refractivity contribution < 1.29 is 8.78 Å². The summed E-state index contributed by atoms with van der Waals surface area (Å²) in [6, 6.07) is 1.90. The number of alkyl halides is 2. The van der Waals surface area contributed by atoms with E-state index in [4.69, 9.17) is 5.41 Å².